The molecule has 1 heterocycles. The number of fused-ring (bicyclic) bond motifs is 1. The van der Waals surface area contributed by atoms with Gasteiger partial charge in [-0.3, -0.25) is 24.1 Å². The van der Waals surface area contributed by atoms with E-state index in [-0.39, 0.29) is 36.6 Å². The third kappa shape index (κ3) is 3.97. The Bertz CT molecular complexity index is 1090. The van der Waals surface area contributed by atoms with E-state index in [1.54, 1.807) is 49.4 Å². The number of hydrogen-bond donors (Lipinski definition) is 0. The van der Waals surface area contributed by atoms with Gasteiger partial charge in [-0.05, 0) is 30.7 Å². The van der Waals surface area contributed by atoms with E-state index in [4.69, 9.17) is 9.47 Å². The van der Waals surface area contributed by atoms with Crippen LogP contribution in [0.3, 0.4) is 0 Å². The summed E-state index contributed by atoms with van der Waals surface area (Å²) in [6.45, 7) is 1.84. The van der Waals surface area contributed by atoms with E-state index in [0.717, 1.165) is 4.90 Å². The Hall–Kier alpha value is -3.68. The zero-order chi connectivity index (χ0) is 23.7. The second kappa shape index (κ2) is 9.05. The third-order valence-electron chi connectivity index (χ3n) is 6.50. The smallest absolute Gasteiger partial charge is 0.261 e. The van der Waals surface area contributed by atoms with Crippen molar-refractivity contribution in [1.82, 2.24) is 4.90 Å². The second-order valence-corrected chi connectivity index (χ2v) is 8.24. The van der Waals surface area contributed by atoms with Gasteiger partial charge in [-0.15, -0.1) is 0 Å². The van der Waals surface area contributed by atoms with E-state index in [1.807, 2.05) is 0 Å². The fourth-order valence-electron chi connectivity index (χ4n) is 4.54. The first-order chi connectivity index (χ1) is 15.9. The molecule has 0 aromatic heterocycles. The fourth-order valence-corrected chi connectivity index (χ4v) is 4.54. The lowest BCUT2D eigenvalue weighted by molar-refractivity contribution is -0.127. The van der Waals surface area contributed by atoms with Crippen molar-refractivity contribution < 1.29 is 28.7 Å². The van der Waals surface area contributed by atoms with Gasteiger partial charge in [0, 0.05) is 37.4 Å². The van der Waals surface area contributed by atoms with Crippen LogP contribution in [0.15, 0.2) is 42.5 Å². The van der Waals surface area contributed by atoms with Crippen LogP contribution in [-0.2, 0) is 9.59 Å². The molecule has 2 atom stereocenters. The standard InChI is InChI=1S/C25H26N2O6/c1-15-17(9-10-21(15)28)23(29)26(20-14-16(32-2)8-11-22(20)33-3)12-13-27-24(30)18-6-4-5-7-19(18)25(27)31/h4-8,11,14-15,17H,9-10,12-13H2,1-3H3/t15-,17-/m1/s1. The minimum Gasteiger partial charge on any atom is -0.497 e. The minimum atomic E-state index is -0.476. The molecule has 1 saturated carbocycles. The van der Waals surface area contributed by atoms with Crippen LogP contribution in [0.4, 0.5) is 5.69 Å². The van der Waals surface area contributed by atoms with Crippen molar-refractivity contribution in [3.05, 3.63) is 53.6 Å². The quantitative estimate of drug-likeness (QED) is 0.602. The van der Waals surface area contributed by atoms with Crippen LogP contribution in [0.1, 0.15) is 40.5 Å². The number of nitrogens with zero attached hydrogens (tertiary/aromatic N) is 2. The number of hydrogen-bond acceptors (Lipinski definition) is 6. The molecule has 2 aromatic carbocycles. The van der Waals surface area contributed by atoms with E-state index >= 15 is 0 Å². The molecule has 0 radical (unpaired) electrons. The number of Topliss-reactive ketones (excluding diaryl/α,β-unsaturated/α-hetero) is 1. The molecule has 4 rings (SSSR count). The van der Waals surface area contributed by atoms with Gasteiger partial charge in [0.1, 0.15) is 17.3 Å². The van der Waals surface area contributed by atoms with E-state index in [2.05, 4.69) is 0 Å². The molecule has 33 heavy (non-hydrogen) atoms. The van der Waals surface area contributed by atoms with Crippen LogP contribution in [0, 0.1) is 11.8 Å². The van der Waals surface area contributed by atoms with Gasteiger partial charge in [0.2, 0.25) is 5.91 Å². The number of benzene rings is 2. The van der Waals surface area contributed by atoms with Gasteiger partial charge in [-0.1, -0.05) is 19.1 Å². The van der Waals surface area contributed by atoms with Crippen molar-refractivity contribution in [3.8, 4) is 11.5 Å². The Balaban J connectivity index is 1.66. The molecule has 1 aliphatic carbocycles. The van der Waals surface area contributed by atoms with Crippen molar-refractivity contribution in [3.63, 3.8) is 0 Å². The summed E-state index contributed by atoms with van der Waals surface area (Å²) in [6.07, 6.45) is 0.827. The molecule has 2 aliphatic rings. The maximum absolute atomic E-state index is 13.6. The molecule has 172 valence electrons. The van der Waals surface area contributed by atoms with Gasteiger partial charge in [-0.25, -0.2) is 0 Å². The largest absolute Gasteiger partial charge is 0.497 e. The molecule has 0 spiro atoms. The summed E-state index contributed by atoms with van der Waals surface area (Å²) in [6, 6.07) is 11.8. The summed E-state index contributed by atoms with van der Waals surface area (Å²) < 4.78 is 10.8. The molecule has 0 saturated heterocycles. The highest BCUT2D eigenvalue weighted by Gasteiger charge is 2.40. The second-order valence-electron chi connectivity index (χ2n) is 8.24. The first kappa shape index (κ1) is 22.5. The van der Waals surface area contributed by atoms with Crippen molar-refractivity contribution >= 4 is 29.2 Å². The lowest BCUT2D eigenvalue weighted by Gasteiger charge is -2.30. The number of ketones is 1. The third-order valence-corrected chi connectivity index (χ3v) is 6.50. The summed E-state index contributed by atoms with van der Waals surface area (Å²) in [5, 5.41) is 0. The van der Waals surface area contributed by atoms with E-state index in [1.165, 1.54) is 19.1 Å². The summed E-state index contributed by atoms with van der Waals surface area (Å²) in [4.78, 5) is 54.1. The van der Waals surface area contributed by atoms with Crippen LogP contribution in [-0.4, -0.2) is 55.7 Å². The number of anilines is 1. The van der Waals surface area contributed by atoms with E-state index < -0.39 is 11.8 Å². The fraction of sp³-hybridized carbons (Fsp3) is 0.360. The maximum atomic E-state index is 13.6. The Kier molecular flexibility index (Phi) is 6.18. The summed E-state index contributed by atoms with van der Waals surface area (Å²) in [5.41, 5.74) is 1.17. The van der Waals surface area contributed by atoms with Gasteiger partial charge >= 0.3 is 0 Å². The number of carbonyl (C=O) groups excluding carboxylic acids is 4. The molecule has 8 nitrogen and oxygen atoms in total. The van der Waals surface area contributed by atoms with Crippen LogP contribution < -0.4 is 14.4 Å². The Labute approximate surface area is 192 Å². The van der Waals surface area contributed by atoms with Crippen LogP contribution in [0.25, 0.3) is 0 Å². The van der Waals surface area contributed by atoms with Crippen molar-refractivity contribution in [2.75, 3.05) is 32.2 Å². The van der Waals surface area contributed by atoms with Gasteiger partial charge in [0.05, 0.1) is 31.0 Å². The molecule has 2 aromatic rings. The molecular formula is C25H26N2O6. The summed E-state index contributed by atoms with van der Waals surface area (Å²) in [5.74, 6) is -0.840. The molecule has 0 bridgehead atoms. The number of carbonyl (C=O) groups is 4. The maximum Gasteiger partial charge on any atom is 0.261 e. The minimum absolute atomic E-state index is 0.00744. The normalized spacial score (nSPS) is 19.6. The van der Waals surface area contributed by atoms with E-state index in [0.29, 0.717) is 41.2 Å². The number of rotatable bonds is 7. The van der Waals surface area contributed by atoms with Gasteiger partial charge in [0.25, 0.3) is 11.8 Å². The van der Waals surface area contributed by atoms with Crippen LogP contribution in [0.2, 0.25) is 0 Å². The molecule has 3 amide bonds. The van der Waals surface area contributed by atoms with Crippen molar-refractivity contribution in [2.24, 2.45) is 11.8 Å². The Morgan fingerprint density at radius 1 is 1.03 bits per heavy atom. The SMILES string of the molecule is COc1ccc(OC)c(N(CCN2C(=O)c3ccccc3C2=O)C(=O)[C@@H]2CCC(=O)[C@@H]2C)c1. The van der Waals surface area contributed by atoms with Crippen molar-refractivity contribution in [2.45, 2.75) is 19.8 Å². The summed E-state index contributed by atoms with van der Waals surface area (Å²) >= 11 is 0. The highest BCUT2D eigenvalue weighted by Crippen LogP contribution is 2.37. The molecule has 0 N–H and O–H groups in total. The first-order valence-corrected chi connectivity index (χ1v) is 10.9. The average Bonchev–Trinajstić information content (AvgIpc) is 3.29. The highest BCUT2D eigenvalue weighted by atomic mass is 16.5. The lowest BCUT2D eigenvalue weighted by Crippen LogP contribution is -2.44. The lowest BCUT2D eigenvalue weighted by atomic mass is 9.95. The molecule has 8 heteroatoms. The van der Waals surface area contributed by atoms with Gasteiger partial charge in [-0.2, -0.15) is 0 Å². The first-order valence-electron chi connectivity index (χ1n) is 10.9. The topological polar surface area (TPSA) is 93.2 Å². The summed E-state index contributed by atoms with van der Waals surface area (Å²) in [7, 11) is 3.02. The zero-order valence-electron chi connectivity index (χ0n) is 18.9. The highest BCUT2D eigenvalue weighted by molar-refractivity contribution is 6.21. The van der Waals surface area contributed by atoms with Gasteiger partial charge < -0.3 is 14.4 Å². The Morgan fingerprint density at radius 3 is 2.24 bits per heavy atom. The predicted octanol–water partition coefficient (Wildman–Crippen LogP) is 2.95. The number of imide groups is 1. The zero-order valence-corrected chi connectivity index (χ0v) is 18.9. The van der Waals surface area contributed by atoms with Gasteiger partial charge in [0.15, 0.2) is 0 Å². The molecular weight excluding hydrogens is 424 g/mol. The van der Waals surface area contributed by atoms with Crippen molar-refractivity contribution in [1.29, 1.82) is 0 Å². The van der Waals surface area contributed by atoms with E-state index in [9.17, 15) is 19.2 Å². The monoisotopic (exact) mass is 450 g/mol. The Morgan fingerprint density at radius 2 is 1.70 bits per heavy atom. The molecule has 0 unspecified atom stereocenters. The predicted molar refractivity (Wildman–Crippen MR) is 121 cm³/mol. The van der Waals surface area contributed by atoms with Crippen LogP contribution in [0.5, 0.6) is 11.5 Å². The molecule has 1 aliphatic heterocycles. The number of methoxy groups -OCH3 is 2. The molecule has 1 fully saturated rings. The average molecular weight is 450 g/mol. The number of ether oxygens (including phenoxy) is 2. The number of amides is 3. The van der Waals surface area contributed by atoms with Crippen LogP contribution >= 0.6 is 0 Å².